The topological polar surface area (TPSA) is 102 Å². The predicted molar refractivity (Wildman–Crippen MR) is 208 cm³/mol. The van der Waals surface area contributed by atoms with Crippen LogP contribution in [0.2, 0.25) is 0 Å². The van der Waals surface area contributed by atoms with Crippen LogP contribution in [0, 0.1) is 0 Å². The number of quaternary nitrogens is 1. The van der Waals surface area contributed by atoms with E-state index in [4.69, 9.17) is 14.2 Å². The van der Waals surface area contributed by atoms with Crippen molar-refractivity contribution in [2.24, 2.45) is 0 Å². The van der Waals surface area contributed by atoms with Crippen LogP contribution in [0.1, 0.15) is 142 Å². The van der Waals surface area contributed by atoms with Gasteiger partial charge in [0.15, 0.2) is 6.10 Å². The van der Waals surface area contributed by atoms with Gasteiger partial charge in [0.2, 0.25) is 0 Å². The summed E-state index contributed by atoms with van der Waals surface area (Å²) in [5, 5.41) is 11.6. The van der Waals surface area contributed by atoms with Gasteiger partial charge in [-0.05, 0) is 57.8 Å². The van der Waals surface area contributed by atoms with Crippen molar-refractivity contribution in [1.29, 1.82) is 0 Å². The molecule has 292 valence electrons. The SMILES string of the molecule is CCCCC/C=C/C=C/C=C/C=C/CCCCCCCC(=O)OCC(COCCC(C(=O)[O-])[N+](C)(C)C)OC(=O)CCC/C=C/CCCCCC. The Labute approximate surface area is 311 Å². The van der Waals surface area contributed by atoms with Gasteiger partial charge in [-0.2, -0.15) is 0 Å². The Bertz CT molecular complexity index is 1020. The van der Waals surface area contributed by atoms with E-state index >= 15 is 0 Å². The van der Waals surface area contributed by atoms with Crippen molar-refractivity contribution >= 4 is 17.9 Å². The number of aliphatic carboxylic acids is 1. The minimum atomic E-state index is -1.14. The van der Waals surface area contributed by atoms with E-state index in [0.717, 1.165) is 57.8 Å². The first-order valence-corrected chi connectivity index (χ1v) is 19.9. The number of esters is 2. The van der Waals surface area contributed by atoms with Gasteiger partial charge in [0.05, 0.1) is 40.3 Å². The van der Waals surface area contributed by atoms with E-state index in [9.17, 15) is 19.5 Å². The number of hydrogen-bond donors (Lipinski definition) is 0. The zero-order valence-corrected chi connectivity index (χ0v) is 33.0. The normalized spacial score (nSPS) is 13.7. The van der Waals surface area contributed by atoms with Crippen molar-refractivity contribution in [2.45, 2.75) is 154 Å². The fraction of sp³-hybridized carbons (Fsp3) is 0.698. The van der Waals surface area contributed by atoms with Gasteiger partial charge < -0.3 is 28.6 Å². The number of carbonyl (C=O) groups is 3. The number of allylic oxidation sites excluding steroid dienone is 10. The van der Waals surface area contributed by atoms with Crippen molar-refractivity contribution < 1.29 is 38.2 Å². The van der Waals surface area contributed by atoms with E-state index in [1.54, 1.807) is 21.1 Å². The maximum atomic E-state index is 12.6. The molecule has 8 nitrogen and oxygen atoms in total. The monoisotopic (exact) mass is 716 g/mol. The molecule has 0 aliphatic rings. The van der Waals surface area contributed by atoms with Crippen LogP contribution >= 0.6 is 0 Å². The maximum absolute atomic E-state index is 12.6. The average Bonchev–Trinajstić information content (AvgIpc) is 3.08. The largest absolute Gasteiger partial charge is 0.544 e. The van der Waals surface area contributed by atoms with Crippen LogP contribution in [-0.4, -0.2) is 75.5 Å². The Kier molecular flexibility index (Phi) is 32.1. The Morgan fingerprint density at radius 2 is 1.08 bits per heavy atom. The van der Waals surface area contributed by atoms with Crippen molar-refractivity contribution in [3.63, 3.8) is 0 Å². The standard InChI is InChI=1S/C43H73NO7/c1-6-8-10-12-14-16-17-18-19-20-21-22-23-24-26-27-29-31-33-41(45)50-38-39(37-49-36-35-40(43(47)48)44(3,4)5)51-42(46)34-32-30-28-25-15-13-11-9-7-2/h14,16-22,25,28,39-40H,6-13,15,23-24,26-27,29-38H2,1-5H3/b16-14+,18-17+,20-19+,22-21+,28-25+. The lowest BCUT2D eigenvalue weighted by Gasteiger charge is -2.34. The highest BCUT2D eigenvalue weighted by Gasteiger charge is 2.25. The molecule has 2 atom stereocenters. The van der Waals surface area contributed by atoms with Crippen molar-refractivity contribution in [2.75, 3.05) is 41.0 Å². The fourth-order valence-electron chi connectivity index (χ4n) is 5.32. The van der Waals surface area contributed by atoms with Gasteiger partial charge in [0.1, 0.15) is 12.6 Å². The lowest BCUT2D eigenvalue weighted by atomic mass is 10.1. The second-order valence-electron chi connectivity index (χ2n) is 14.3. The molecular formula is C43H73NO7. The Morgan fingerprint density at radius 1 is 0.588 bits per heavy atom. The van der Waals surface area contributed by atoms with Gasteiger partial charge in [0.25, 0.3) is 0 Å². The highest BCUT2D eigenvalue weighted by molar-refractivity contribution is 5.70. The highest BCUT2D eigenvalue weighted by Crippen LogP contribution is 2.11. The summed E-state index contributed by atoms with van der Waals surface area (Å²) in [5.74, 6) is -1.82. The van der Waals surface area contributed by atoms with Crippen LogP contribution in [0.5, 0.6) is 0 Å². The van der Waals surface area contributed by atoms with E-state index < -0.39 is 18.1 Å². The highest BCUT2D eigenvalue weighted by atomic mass is 16.6. The van der Waals surface area contributed by atoms with E-state index in [2.05, 4.69) is 62.5 Å². The Balaban J connectivity index is 4.43. The number of carbonyl (C=O) groups excluding carboxylic acids is 3. The molecule has 0 N–H and O–H groups in total. The zero-order chi connectivity index (χ0) is 37.8. The van der Waals surface area contributed by atoms with Crippen molar-refractivity contribution in [3.8, 4) is 0 Å². The van der Waals surface area contributed by atoms with E-state index in [1.807, 2.05) is 12.2 Å². The van der Waals surface area contributed by atoms with Crippen LogP contribution in [0.15, 0.2) is 60.8 Å². The summed E-state index contributed by atoms with van der Waals surface area (Å²) in [6, 6.07) is -0.734. The number of nitrogens with zero attached hydrogens (tertiary/aromatic N) is 1. The number of rotatable bonds is 34. The summed E-state index contributed by atoms with van der Waals surface area (Å²) in [4.78, 5) is 36.6. The summed E-state index contributed by atoms with van der Waals surface area (Å²) in [6.07, 6.45) is 39.7. The van der Waals surface area contributed by atoms with Crippen LogP contribution in [0.25, 0.3) is 0 Å². The van der Waals surface area contributed by atoms with Crippen LogP contribution in [0.4, 0.5) is 0 Å². The quantitative estimate of drug-likeness (QED) is 0.0216. The zero-order valence-electron chi connectivity index (χ0n) is 33.0. The van der Waals surface area contributed by atoms with E-state index in [0.29, 0.717) is 12.8 Å². The molecule has 0 heterocycles. The Morgan fingerprint density at radius 3 is 1.69 bits per heavy atom. The van der Waals surface area contributed by atoms with Crippen molar-refractivity contribution in [3.05, 3.63) is 60.8 Å². The summed E-state index contributed by atoms with van der Waals surface area (Å²) in [6.45, 7) is 4.50. The number of ether oxygens (including phenoxy) is 3. The minimum absolute atomic E-state index is 0.0189. The van der Waals surface area contributed by atoms with Gasteiger partial charge in [-0.1, -0.05) is 126 Å². The van der Waals surface area contributed by atoms with Crippen LogP contribution < -0.4 is 5.11 Å². The van der Waals surface area contributed by atoms with Gasteiger partial charge in [-0.25, -0.2) is 0 Å². The first-order valence-electron chi connectivity index (χ1n) is 19.9. The second-order valence-corrected chi connectivity index (χ2v) is 14.3. The average molecular weight is 716 g/mol. The van der Waals surface area contributed by atoms with Crippen molar-refractivity contribution in [1.82, 2.24) is 0 Å². The summed E-state index contributed by atoms with van der Waals surface area (Å²) < 4.78 is 17.0. The Hall–Kier alpha value is -2.97. The summed E-state index contributed by atoms with van der Waals surface area (Å²) in [5.41, 5.74) is 0. The van der Waals surface area contributed by atoms with Gasteiger partial charge in [-0.3, -0.25) is 9.59 Å². The van der Waals surface area contributed by atoms with Crippen LogP contribution in [-0.2, 0) is 28.6 Å². The molecule has 2 unspecified atom stereocenters. The number of likely N-dealkylation sites (N-methyl/N-ethyl adjacent to an activating group) is 1. The lowest BCUT2D eigenvalue weighted by Crippen LogP contribution is -2.55. The first-order chi connectivity index (χ1) is 24.6. The molecule has 0 radical (unpaired) electrons. The molecule has 51 heavy (non-hydrogen) atoms. The fourth-order valence-corrected chi connectivity index (χ4v) is 5.32. The van der Waals surface area contributed by atoms with E-state index in [1.165, 1.54) is 44.9 Å². The molecule has 0 bridgehead atoms. The molecular weight excluding hydrogens is 642 g/mol. The molecule has 0 spiro atoms. The molecule has 0 aromatic heterocycles. The number of unbranched alkanes of at least 4 members (excludes halogenated alkanes) is 13. The third-order valence-electron chi connectivity index (χ3n) is 8.47. The second kappa shape index (κ2) is 34.1. The molecule has 0 fully saturated rings. The first kappa shape index (κ1) is 48.0. The molecule has 0 rings (SSSR count). The lowest BCUT2D eigenvalue weighted by molar-refractivity contribution is -0.889. The smallest absolute Gasteiger partial charge is 0.306 e. The molecule has 0 aromatic carbocycles. The maximum Gasteiger partial charge on any atom is 0.306 e. The third kappa shape index (κ3) is 32.7. The van der Waals surface area contributed by atoms with E-state index in [-0.39, 0.29) is 49.1 Å². The molecule has 0 saturated carbocycles. The van der Waals surface area contributed by atoms with Gasteiger partial charge in [0, 0.05) is 19.3 Å². The molecule has 0 aliphatic carbocycles. The molecule has 0 aromatic rings. The van der Waals surface area contributed by atoms with Gasteiger partial charge in [-0.15, -0.1) is 0 Å². The molecule has 0 amide bonds. The third-order valence-corrected chi connectivity index (χ3v) is 8.47. The predicted octanol–water partition coefficient (Wildman–Crippen LogP) is 8.91. The van der Waals surface area contributed by atoms with Crippen LogP contribution in [0.3, 0.4) is 0 Å². The van der Waals surface area contributed by atoms with Gasteiger partial charge >= 0.3 is 11.9 Å². The molecule has 0 aliphatic heterocycles. The molecule has 0 saturated heterocycles. The summed E-state index contributed by atoms with van der Waals surface area (Å²) in [7, 11) is 5.37. The minimum Gasteiger partial charge on any atom is -0.544 e. The number of carboxylic acid groups (broad SMARTS) is 1. The number of hydrogen-bond acceptors (Lipinski definition) is 7. The summed E-state index contributed by atoms with van der Waals surface area (Å²) >= 11 is 0. The number of carboxylic acids is 1. The molecule has 8 heteroatoms.